The monoisotopic (exact) mass is 405 g/mol. The Kier molecular flexibility index (Phi) is 5.26. The Balaban J connectivity index is 1.48. The molecule has 4 aromatic rings. The topological polar surface area (TPSA) is 89.8 Å². The van der Waals surface area contributed by atoms with Gasteiger partial charge in [-0.1, -0.05) is 30.0 Å². The Morgan fingerprint density at radius 3 is 2.55 bits per heavy atom. The number of carbonyl (C=O) groups is 2. The molecule has 0 spiro atoms. The third-order valence-corrected chi connectivity index (χ3v) is 5.42. The lowest BCUT2D eigenvalue weighted by Gasteiger charge is -2.05. The highest BCUT2D eigenvalue weighted by Gasteiger charge is 2.14. The van der Waals surface area contributed by atoms with Crippen LogP contribution in [-0.4, -0.2) is 37.2 Å². The number of nitrogens with one attached hydrogen (secondary N) is 1. The van der Waals surface area contributed by atoms with E-state index in [1.807, 2.05) is 24.3 Å². The molecule has 0 unspecified atom stereocenters. The van der Waals surface area contributed by atoms with E-state index in [-0.39, 0.29) is 17.4 Å². The number of carbonyl (C=O) groups excluding carboxylic acids is 2. The first-order chi connectivity index (χ1) is 14.1. The summed E-state index contributed by atoms with van der Waals surface area (Å²) >= 11 is 1.24. The molecule has 7 nitrogen and oxygen atoms in total. The smallest absolute Gasteiger partial charge is 0.234 e. The predicted molar refractivity (Wildman–Crippen MR) is 114 cm³/mol. The lowest BCUT2D eigenvalue weighted by atomic mass is 10.1. The summed E-state index contributed by atoms with van der Waals surface area (Å²) < 4.78 is 2.10. The van der Waals surface area contributed by atoms with Crippen LogP contribution in [0.3, 0.4) is 0 Å². The van der Waals surface area contributed by atoms with E-state index >= 15 is 0 Å². The SMILES string of the molecule is CCn1c2ccccc2c2nnc(SCC(=O)Nc3ccc(C(C)=O)cc3)nc21. The summed E-state index contributed by atoms with van der Waals surface area (Å²) in [6.45, 7) is 4.34. The van der Waals surface area contributed by atoms with Gasteiger partial charge in [-0.2, -0.15) is 0 Å². The van der Waals surface area contributed by atoms with Crippen LogP contribution >= 0.6 is 11.8 Å². The lowest BCUT2D eigenvalue weighted by Crippen LogP contribution is -2.14. The molecule has 0 aliphatic heterocycles. The van der Waals surface area contributed by atoms with E-state index in [1.54, 1.807) is 24.3 Å². The number of aromatic nitrogens is 4. The van der Waals surface area contributed by atoms with Gasteiger partial charge in [0.1, 0.15) is 5.52 Å². The van der Waals surface area contributed by atoms with Crippen molar-refractivity contribution in [2.75, 3.05) is 11.1 Å². The van der Waals surface area contributed by atoms with Crippen LogP contribution in [0, 0.1) is 0 Å². The van der Waals surface area contributed by atoms with Crippen molar-refractivity contribution < 1.29 is 9.59 Å². The van der Waals surface area contributed by atoms with Crippen LogP contribution in [0.1, 0.15) is 24.2 Å². The molecule has 29 heavy (non-hydrogen) atoms. The highest BCUT2D eigenvalue weighted by atomic mass is 32.2. The van der Waals surface area contributed by atoms with E-state index in [4.69, 9.17) is 0 Å². The summed E-state index contributed by atoms with van der Waals surface area (Å²) in [5, 5.41) is 12.8. The number of amides is 1. The fraction of sp³-hybridized carbons (Fsp3) is 0.190. The number of nitrogens with zero attached hydrogens (tertiary/aromatic N) is 4. The molecule has 8 heteroatoms. The first-order valence-corrected chi connectivity index (χ1v) is 10.2. The van der Waals surface area contributed by atoms with Gasteiger partial charge >= 0.3 is 0 Å². The van der Waals surface area contributed by atoms with Crippen LogP contribution in [0.2, 0.25) is 0 Å². The number of aryl methyl sites for hydroxylation is 1. The standard InChI is InChI=1S/C21H19N5O2S/c1-3-26-17-7-5-4-6-16(17)19-20(26)23-21(25-24-19)29-12-18(28)22-15-10-8-14(9-11-15)13(2)27/h4-11H,3,12H2,1-2H3,(H,22,28). The molecule has 0 aliphatic carbocycles. The highest BCUT2D eigenvalue weighted by molar-refractivity contribution is 7.99. The van der Waals surface area contributed by atoms with Crippen LogP contribution in [0.25, 0.3) is 22.1 Å². The molecule has 146 valence electrons. The molecule has 4 rings (SSSR count). The number of ketones is 1. The number of Topliss-reactive ketones (excluding diaryl/α,β-unsaturated/α-hetero) is 1. The number of fused-ring (bicyclic) bond motifs is 3. The molecular formula is C21H19N5O2S. The molecule has 0 bridgehead atoms. The molecule has 0 aliphatic rings. The maximum absolute atomic E-state index is 12.3. The van der Waals surface area contributed by atoms with Crippen molar-refractivity contribution in [1.29, 1.82) is 0 Å². The number of thioether (sulfide) groups is 1. The summed E-state index contributed by atoms with van der Waals surface area (Å²) in [7, 11) is 0. The second-order valence-electron chi connectivity index (χ2n) is 6.50. The summed E-state index contributed by atoms with van der Waals surface area (Å²) in [6.07, 6.45) is 0. The molecule has 2 aromatic carbocycles. The van der Waals surface area contributed by atoms with Gasteiger partial charge in [0.15, 0.2) is 11.4 Å². The van der Waals surface area contributed by atoms with Crippen molar-refractivity contribution in [3.05, 3.63) is 54.1 Å². The van der Waals surface area contributed by atoms with E-state index in [9.17, 15) is 9.59 Å². The average molecular weight is 405 g/mol. The van der Waals surface area contributed by atoms with Crippen LogP contribution in [-0.2, 0) is 11.3 Å². The highest BCUT2D eigenvalue weighted by Crippen LogP contribution is 2.27. The quantitative estimate of drug-likeness (QED) is 0.386. The van der Waals surface area contributed by atoms with Gasteiger partial charge in [-0.15, -0.1) is 10.2 Å². The van der Waals surface area contributed by atoms with Crippen LogP contribution < -0.4 is 5.32 Å². The number of rotatable bonds is 6. The Hall–Kier alpha value is -3.26. The second kappa shape index (κ2) is 8.00. The number of para-hydroxylation sites is 1. The molecular weight excluding hydrogens is 386 g/mol. The molecule has 0 atom stereocenters. The molecule has 1 amide bonds. The molecule has 1 N–H and O–H groups in total. The van der Waals surface area contributed by atoms with E-state index in [2.05, 4.69) is 32.0 Å². The summed E-state index contributed by atoms with van der Waals surface area (Å²) in [4.78, 5) is 28.2. The third kappa shape index (κ3) is 3.84. The van der Waals surface area contributed by atoms with Gasteiger partial charge in [0.05, 0.1) is 11.3 Å². The summed E-state index contributed by atoms with van der Waals surface area (Å²) in [5.74, 6) is -0.0261. The normalized spacial score (nSPS) is 11.1. The number of anilines is 1. The minimum absolute atomic E-state index is 0.0111. The van der Waals surface area contributed by atoms with Crippen LogP contribution in [0.4, 0.5) is 5.69 Å². The fourth-order valence-electron chi connectivity index (χ4n) is 3.19. The maximum atomic E-state index is 12.3. The molecule has 0 saturated carbocycles. The first-order valence-electron chi connectivity index (χ1n) is 9.22. The molecule has 2 heterocycles. The minimum atomic E-state index is -0.176. The lowest BCUT2D eigenvalue weighted by molar-refractivity contribution is -0.113. The van der Waals surface area contributed by atoms with Crippen molar-refractivity contribution in [1.82, 2.24) is 19.7 Å². The van der Waals surface area contributed by atoms with Gasteiger partial charge in [-0.25, -0.2) is 4.98 Å². The summed E-state index contributed by atoms with van der Waals surface area (Å²) in [5.41, 5.74) is 3.85. The Labute approximate surface area is 171 Å². The van der Waals surface area contributed by atoms with Gasteiger partial charge in [0.25, 0.3) is 0 Å². The van der Waals surface area contributed by atoms with Crippen molar-refractivity contribution >= 4 is 51.2 Å². The largest absolute Gasteiger partial charge is 0.325 e. The first kappa shape index (κ1) is 19.1. The number of benzene rings is 2. The van der Waals surface area contributed by atoms with E-state index in [0.717, 1.165) is 28.6 Å². The van der Waals surface area contributed by atoms with Crippen molar-refractivity contribution in [3.8, 4) is 0 Å². The zero-order chi connectivity index (χ0) is 20.4. The summed E-state index contributed by atoms with van der Waals surface area (Å²) in [6, 6.07) is 14.8. The molecule has 0 saturated heterocycles. The van der Waals surface area contributed by atoms with Crippen LogP contribution in [0.15, 0.2) is 53.7 Å². The van der Waals surface area contributed by atoms with E-state index < -0.39 is 0 Å². The van der Waals surface area contributed by atoms with Gasteiger partial charge in [-0.05, 0) is 44.2 Å². The van der Waals surface area contributed by atoms with E-state index in [1.165, 1.54) is 18.7 Å². The average Bonchev–Trinajstić information content (AvgIpc) is 3.05. The van der Waals surface area contributed by atoms with Gasteiger partial charge in [0, 0.05) is 23.2 Å². The zero-order valence-corrected chi connectivity index (χ0v) is 16.9. The molecule has 2 aromatic heterocycles. The van der Waals surface area contributed by atoms with Gasteiger partial charge in [0.2, 0.25) is 11.1 Å². The predicted octanol–water partition coefficient (Wildman–Crippen LogP) is 3.93. The second-order valence-corrected chi connectivity index (χ2v) is 7.44. The third-order valence-electron chi connectivity index (χ3n) is 4.58. The Bertz CT molecular complexity index is 1220. The van der Waals surface area contributed by atoms with E-state index in [0.29, 0.717) is 16.4 Å². The van der Waals surface area contributed by atoms with Gasteiger partial charge < -0.3 is 9.88 Å². The fourth-order valence-corrected chi connectivity index (χ4v) is 3.77. The van der Waals surface area contributed by atoms with Gasteiger partial charge in [-0.3, -0.25) is 9.59 Å². The minimum Gasteiger partial charge on any atom is -0.325 e. The Morgan fingerprint density at radius 2 is 1.83 bits per heavy atom. The zero-order valence-electron chi connectivity index (χ0n) is 16.0. The van der Waals surface area contributed by atoms with Crippen LogP contribution in [0.5, 0.6) is 0 Å². The van der Waals surface area contributed by atoms with Crippen molar-refractivity contribution in [2.45, 2.75) is 25.5 Å². The number of hydrogen-bond acceptors (Lipinski definition) is 6. The molecule has 0 radical (unpaired) electrons. The van der Waals surface area contributed by atoms with Crippen molar-refractivity contribution in [2.24, 2.45) is 0 Å². The Morgan fingerprint density at radius 1 is 1.07 bits per heavy atom. The maximum Gasteiger partial charge on any atom is 0.234 e. The molecule has 0 fully saturated rings. The van der Waals surface area contributed by atoms with Crippen molar-refractivity contribution in [3.63, 3.8) is 0 Å². The number of hydrogen-bond donors (Lipinski definition) is 1.